The molecule has 0 spiro atoms. The van der Waals surface area contributed by atoms with Crippen LogP contribution in [0.5, 0.6) is 5.75 Å². The number of para-hydroxylation sites is 1. The van der Waals surface area contributed by atoms with Crippen LogP contribution in [-0.2, 0) is 13.6 Å². The van der Waals surface area contributed by atoms with Gasteiger partial charge in [0.2, 0.25) is 0 Å². The van der Waals surface area contributed by atoms with E-state index in [9.17, 15) is 4.79 Å². The van der Waals surface area contributed by atoms with E-state index >= 15 is 0 Å². The summed E-state index contributed by atoms with van der Waals surface area (Å²) in [6.07, 6.45) is 3.07. The largest absolute Gasteiger partial charge is 0.496 e. The first-order valence-corrected chi connectivity index (χ1v) is 8.56. The van der Waals surface area contributed by atoms with Crippen LogP contribution in [0.3, 0.4) is 0 Å². The van der Waals surface area contributed by atoms with E-state index in [1.54, 1.807) is 29.8 Å². The van der Waals surface area contributed by atoms with Gasteiger partial charge in [0.05, 0.1) is 24.9 Å². The molecule has 0 saturated carbocycles. The molecule has 2 aromatic heterocycles. The molecule has 3 aromatic rings. The molecule has 0 radical (unpaired) electrons. The van der Waals surface area contributed by atoms with Gasteiger partial charge in [-0.05, 0) is 19.9 Å². The Hall–Kier alpha value is -3.36. The number of carbonyl (C=O) groups excluding carboxylic acids is 1. The van der Waals surface area contributed by atoms with Crippen molar-refractivity contribution < 1.29 is 9.53 Å². The summed E-state index contributed by atoms with van der Waals surface area (Å²) in [7, 11) is 3.41. The molecule has 9 heteroatoms. The maximum absolute atomic E-state index is 12.5. The van der Waals surface area contributed by atoms with Gasteiger partial charge in [-0.3, -0.25) is 14.7 Å². The van der Waals surface area contributed by atoms with Gasteiger partial charge in [0.25, 0.3) is 0 Å². The van der Waals surface area contributed by atoms with Crippen LogP contribution >= 0.6 is 0 Å². The fourth-order valence-electron chi connectivity index (χ4n) is 3.00. The second-order valence-electron chi connectivity index (χ2n) is 6.25. The third kappa shape index (κ3) is 4.08. The van der Waals surface area contributed by atoms with Crippen LogP contribution in [0.4, 0.5) is 10.6 Å². The summed E-state index contributed by atoms with van der Waals surface area (Å²) < 4.78 is 8.78. The monoisotopic (exact) mass is 369 g/mol. The zero-order valence-electron chi connectivity index (χ0n) is 15.8. The number of hydrogen-bond acceptors (Lipinski definition) is 5. The molecule has 1 atom stereocenters. The number of benzene rings is 1. The highest BCUT2D eigenvalue weighted by atomic mass is 16.5. The number of anilines is 1. The summed E-state index contributed by atoms with van der Waals surface area (Å²) in [5.74, 6) is 1.32. The van der Waals surface area contributed by atoms with E-state index in [2.05, 4.69) is 25.8 Å². The minimum atomic E-state index is -0.318. The Morgan fingerprint density at radius 3 is 2.81 bits per heavy atom. The molecule has 1 unspecified atom stereocenters. The van der Waals surface area contributed by atoms with Crippen LogP contribution in [0, 0.1) is 6.92 Å². The van der Waals surface area contributed by atoms with Gasteiger partial charge in [0, 0.05) is 18.7 Å². The van der Waals surface area contributed by atoms with Gasteiger partial charge in [-0.25, -0.2) is 9.78 Å². The molecule has 142 valence electrons. The van der Waals surface area contributed by atoms with Crippen LogP contribution in [0.1, 0.15) is 12.6 Å². The average Bonchev–Trinajstić information content (AvgIpc) is 3.23. The number of aryl methyl sites for hydroxylation is 2. The lowest BCUT2D eigenvalue weighted by atomic mass is 10.0. The lowest BCUT2D eigenvalue weighted by Crippen LogP contribution is -2.39. The topological polar surface area (TPSA) is 98.9 Å². The van der Waals surface area contributed by atoms with Gasteiger partial charge in [0.1, 0.15) is 24.2 Å². The second-order valence-corrected chi connectivity index (χ2v) is 6.25. The molecule has 0 aliphatic carbocycles. The van der Waals surface area contributed by atoms with E-state index in [0.717, 1.165) is 22.6 Å². The summed E-state index contributed by atoms with van der Waals surface area (Å²) in [6.45, 7) is 4.33. The number of hydrogen-bond donors (Lipinski definition) is 2. The summed E-state index contributed by atoms with van der Waals surface area (Å²) >= 11 is 0. The molecule has 27 heavy (non-hydrogen) atoms. The predicted octanol–water partition coefficient (Wildman–Crippen LogP) is 2.21. The lowest BCUT2D eigenvalue weighted by molar-refractivity contribution is 0.247. The molecule has 9 nitrogen and oxygen atoms in total. The Bertz CT molecular complexity index is 918. The fraction of sp³-hybridized carbons (Fsp3) is 0.333. The summed E-state index contributed by atoms with van der Waals surface area (Å²) in [5, 5.41) is 14.3. The number of carbonyl (C=O) groups is 1. The van der Waals surface area contributed by atoms with Crippen LogP contribution in [0.15, 0.2) is 36.9 Å². The Labute approximate surface area is 157 Å². The summed E-state index contributed by atoms with van der Waals surface area (Å²) in [5.41, 5.74) is 2.50. The first kappa shape index (κ1) is 18.4. The number of amides is 2. The van der Waals surface area contributed by atoms with Crippen LogP contribution < -0.4 is 15.4 Å². The van der Waals surface area contributed by atoms with Crippen LogP contribution in [-0.4, -0.2) is 43.7 Å². The molecule has 0 fully saturated rings. The number of methoxy groups -OCH3 is 1. The molecule has 2 amide bonds. The van der Waals surface area contributed by atoms with Crippen molar-refractivity contribution in [1.29, 1.82) is 0 Å². The second kappa shape index (κ2) is 7.90. The summed E-state index contributed by atoms with van der Waals surface area (Å²) in [4.78, 5) is 16.4. The number of nitrogens with one attached hydrogen (secondary N) is 2. The third-order valence-electron chi connectivity index (χ3n) is 4.14. The predicted molar refractivity (Wildman–Crippen MR) is 102 cm³/mol. The van der Waals surface area contributed by atoms with Crippen molar-refractivity contribution in [3.63, 3.8) is 0 Å². The number of ether oxygens (including phenoxy) is 1. The highest BCUT2D eigenvalue weighted by Gasteiger charge is 2.20. The Balaban J connectivity index is 1.80. The van der Waals surface area contributed by atoms with E-state index in [1.165, 1.54) is 6.33 Å². The SMILES string of the molecule is COc1ccccc1-c1c(C)nn(C)c1NC(=O)NC(C)Cn1cncn1. The van der Waals surface area contributed by atoms with Gasteiger partial charge in [-0.1, -0.05) is 18.2 Å². The van der Waals surface area contributed by atoms with Gasteiger partial charge in [-0.2, -0.15) is 10.2 Å². The first-order chi connectivity index (χ1) is 13.0. The van der Waals surface area contributed by atoms with Gasteiger partial charge < -0.3 is 10.1 Å². The molecule has 0 aliphatic heterocycles. The van der Waals surface area contributed by atoms with Gasteiger partial charge >= 0.3 is 6.03 Å². The number of rotatable bonds is 6. The van der Waals surface area contributed by atoms with E-state index in [0.29, 0.717) is 12.4 Å². The maximum atomic E-state index is 12.5. The molecule has 3 rings (SSSR count). The minimum Gasteiger partial charge on any atom is -0.496 e. The number of nitrogens with zero attached hydrogens (tertiary/aromatic N) is 5. The van der Waals surface area contributed by atoms with Crippen molar-refractivity contribution in [1.82, 2.24) is 29.9 Å². The molecule has 2 heterocycles. The van der Waals surface area contributed by atoms with Crippen LogP contribution in [0.2, 0.25) is 0 Å². The van der Waals surface area contributed by atoms with Crippen molar-refractivity contribution in [2.75, 3.05) is 12.4 Å². The van der Waals surface area contributed by atoms with Crippen molar-refractivity contribution >= 4 is 11.8 Å². The zero-order valence-corrected chi connectivity index (χ0v) is 15.8. The average molecular weight is 369 g/mol. The molecule has 2 N–H and O–H groups in total. The smallest absolute Gasteiger partial charge is 0.320 e. The van der Waals surface area contributed by atoms with Crippen molar-refractivity contribution in [3.05, 3.63) is 42.6 Å². The van der Waals surface area contributed by atoms with E-state index in [-0.39, 0.29) is 12.1 Å². The zero-order chi connectivity index (χ0) is 19.4. The maximum Gasteiger partial charge on any atom is 0.320 e. The fourth-order valence-corrected chi connectivity index (χ4v) is 3.00. The molecule has 0 bridgehead atoms. The Morgan fingerprint density at radius 2 is 2.11 bits per heavy atom. The van der Waals surface area contributed by atoms with E-state index < -0.39 is 0 Å². The highest BCUT2D eigenvalue weighted by Crippen LogP contribution is 2.36. The summed E-state index contributed by atoms with van der Waals surface area (Å²) in [6, 6.07) is 7.21. The quantitative estimate of drug-likeness (QED) is 0.694. The Kier molecular flexibility index (Phi) is 5.39. The molecular weight excluding hydrogens is 346 g/mol. The van der Waals surface area contributed by atoms with Crippen molar-refractivity contribution in [3.8, 4) is 16.9 Å². The van der Waals surface area contributed by atoms with Gasteiger partial charge in [0.15, 0.2) is 0 Å². The van der Waals surface area contributed by atoms with E-state index in [1.807, 2.05) is 38.1 Å². The molecule has 1 aromatic carbocycles. The van der Waals surface area contributed by atoms with Crippen molar-refractivity contribution in [2.24, 2.45) is 7.05 Å². The lowest BCUT2D eigenvalue weighted by Gasteiger charge is -2.16. The van der Waals surface area contributed by atoms with Crippen LogP contribution in [0.25, 0.3) is 11.1 Å². The number of aromatic nitrogens is 5. The van der Waals surface area contributed by atoms with E-state index in [4.69, 9.17) is 4.74 Å². The Morgan fingerprint density at radius 1 is 1.33 bits per heavy atom. The molecular formula is C18H23N7O2. The third-order valence-corrected chi connectivity index (χ3v) is 4.14. The van der Waals surface area contributed by atoms with Gasteiger partial charge in [-0.15, -0.1) is 0 Å². The molecule has 0 aliphatic rings. The van der Waals surface area contributed by atoms with Crippen molar-refractivity contribution in [2.45, 2.75) is 26.4 Å². The normalized spacial score (nSPS) is 11.9. The first-order valence-electron chi connectivity index (χ1n) is 8.56. The standard InChI is InChI=1S/C18H23N7O2/c1-12(9-25-11-19-10-20-25)21-18(26)22-17-16(13(2)23-24(17)3)14-7-5-6-8-15(14)27-4/h5-8,10-12H,9H2,1-4H3,(H2,21,22,26). The highest BCUT2D eigenvalue weighted by molar-refractivity contribution is 5.94. The number of urea groups is 1. The minimum absolute atomic E-state index is 0.129. The molecule has 0 saturated heterocycles.